The van der Waals surface area contributed by atoms with Gasteiger partial charge in [0, 0.05) is 11.3 Å². The van der Waals surface area contributed by atoms with E-state index in [0.717, 1.165) is 48.0 Å². The third kappa shape index (κ3) is 4.73. The third-order valence-electron chi connectivity index (χ3n) is 4.81. The predicted molar refractivity (Wildman–Crippen MR) is 116 cm³/mol. The summed E-state index contributed by atoms with van der Waals surface area (Å²) >= 11 is 1.69. The lowest BCUT2D eigenvalue weighted by atomic mass is 10.1. The van der Waals surface area contributed by atoms with Crippen LogP contribution in [0.15, 0.2) is 53.7 Å². The number of para-hydroxylation sites is 1. The van der Waals surface area contributed by atoms with Crippen molar-refractivity contribution in [1.29, 1.82) is 0 Å². The normalized spacial score (nSPS) is 11.1. The van der Waals surface area contributed by atoms with Gasteiger partial charge in [0.05, 0.1) is 12.2 Å². The Hall–Kier alpha value is -3.07. The number of hydrogen-bond donors (Lipinski definition) is 0. The second-order valence-electron chi connectivity index (χ2n) is 7.10. The van der Waals surface area contributed by atoms with E-state index in [-0.39, 0.29) is 0 Å². The molecule has 0 unspecified atom stereocenters. The van der Waals surface area contributed by atoms with Crippen molar-refractivity contribution in [2.45, 2.75) is 44.8 Å². The van der Waals surface area contributed by atoms with Crippen LogP contribution in [0.1, 0.15) is 30.4 Å². The van der Waals surface area contributed by atoms with E-state index in [1.54, 1.807) is 16.6 Å². The molecule has 0 radical (unpaired) electrons. The Morgan fingerprint density at radius 2 is 1.63 bits per heavy atom. The highest BCUT2D eigenvalue weighted by atomic mass is 32.2. The van der Waals surface area contributed by atoms with Crippen molar-refractivity contribution in [3.63, 3.8) is 0 Å². The number of benzene rings is 2. The standard InChI is InChI=1S/C21H24N8S/c1-16-10-9-11-17(2)19(16)29-21(23-25-27-29)30-15-8-4-7-14-28-24-20(22-26-28)18-12-5-3-6-13-18/h3,5-6,9-13H,4,7-8,14-15H2,1-2H3. The number of nitrogens with zero attached hydrogens (tertiary/aromatic N) is 8. The van der Waals surface area contributed by atoms with E-state index in [1.807, 2.05) is 35.0 Å². The molecule has 0 spiro atoms. The zero-order chi connectivity index (χ0) is 20.8. The van der Waals surface area contributed by atoms with Gasteiger partial charge in [-0.15, -0.1) is 15.3 Å². The summed E-state index contributed by atoms with van der Waals surface area (Å²) in [5, 5.41) is 25.9. The number of rotatable bonds is 9. The first-order valence-electron chi connectivity index (χ1n) is 10.0. The lowest BCUT2D eigenvalue weighted by molar-refractivity contribution is 0.487. The van der Waals surface area contributed by atoms with Crippen LogP contribution in [0.2, 0.25) is 0 Å². The van der Waals surface area contributed by atoms with E-state index < -0.39 is 0 Å². The van der Waals surface area contributed by atoms with Crippen LogP contribution in [-0.2, 0) is 6.54 Å². The SMILES string of the molecule is Cc1cccc(C)c1-n1nnnc1SCCCCCn1nnc(-c2ccccc2)n1. The maximum Gasteiger partial charge on any atom is 0.214 e. The van der Waals surface area contributed by atoms with Crippen LogP contribution >= 0.6 is 11.8 Å². The molecule has 0 aliphatic rings. The molecule has 0 amide bonds. The molecule has 0 saturated carbocycles. The fourth-order valence-electron chi connectivity index (χ4n) is 3.29. The predicted octanol–water partition coefficient (Wildman–Crippen LogP) is 3.90. The maximum absolute atomic E-state index is 4.46. The Kier molecular flexibility index (Phi) is 6.48. The highest BCUT2D eigenvalue weighted by molar-refractivity contribution is 7.99. The van der Waals surface area contributed by atoms with Gasteiger partial charge in [-0.05, 0) is 53.5 Å². The smallest absolute Gasteiger partial charge is 0.187 e. The second kappa shape index (κ2) is 9.62. The van der Waals surface area contributed by atoms with Gasteiger partial charge in [-0.1, -0.05) is 66.7 Å². The van der Waals surface area contributed by atoms with Crippen LogP contribution in [0.5, 0.6) is 0 Å². The van der Waals surface area contributed by atoms with Gasteiger partial charge >= 0.3 is 0 Å². The summed E-state index contributed by atoms with van der Waals surface area (Å²) in [6.45, 7) is 4.93. The fraction of sp³-hybridized carbons (Fsp3) is 0.333. The Balaban J connectivity index is 1.24. The van der Waals surface area contributed by atoms with Gasteiger partial charge in [0.15, 0.2) is 0 Å². The summed E-state index contributed by atoms with van der Waals surface area (Å²) in [5.41, 5.74) is 4.39. The molecule has 0 fully saturated rings. The molecular weight excluding hydrogens is 396 g/mol. The third-order valence-corrected chi connectivity index (χ3v) is 5.82. The van der Waals surface area contributed by atoms with Crippen molar-refractivity contribution in [2.24, 2.45) is 0 Å². The maximum atomic E-state index is 4.46. The van der Waals surface area contributed by atoms with Crippen LogP contribution in [-0.4, -0.2) is 46.2 Å². The largest absolute Gasteiger partial charge is 0.214 e. The topological polar surface area (TPSA) is 87.2 Å². The molecule has 0 aliphatic heterocycles. The highest BCUT2D eigenvalue weighted by Crippen LogP contribution is 2.24. The number of unbranched alkanes of at least 4 members (excludes halogenated alkanes) is 2. The minimum absolute atomic E-state index is 0.671. The quantitative estimate of drug-likeness (QED) is 0.300. The number of tetrazole rings is 2. The van der Waals surface area contributed by atoms with Crippen LogP contribution in [0.25, 0.3) is 17.1 Å². The molecule has 30 heavy (non-hydrogen) atoms. The van der Waals surface area contributed by atoms with Gasteiger partial charge < -0.3 is 0 Å². The van der Waals surface area contributed by atoms with Gasteiger partial charge in [0.2, 0.25) is 11.0 Å². The number of thioether (sulfide) groups is 1. The second-order valence-corrected chi connectivity index (χ2v) is 8.16. The Bertz CT molecular complexity index is 1070. The monoisotopic (exact) mass is 420 g/mol. The first kappa shape index (κ1) is 20.2. The van der Waals surface area contributed by atoms with Gasteiger partial charge in [-0.25, -0.2) is 0 Å². The molecule has 4 rings (SSSR count). The summed E-state index contributed by atoms with van der Waals surface area (Å²) in [4.78, 5) is 1.68. The molecule has 4 aromatic rings. The summed E-state index contributed by atoms with van der Waals surface area (Å²) < 4.78 is 1.85. The molecule has 0 atom stereocenters. The van der Waals surface area contributed by atoms with Crippen molar-refractivity contribution in [2.75, 3.05) is 5.75 Å². The fourth-order valence-corrected chi connectivity index (χ4v) is 4.16. The van der Waals surface area contributed by atoms with E-state index in [1.165, 1.54) is 11.1 Å². The van der Waals surface area contributed by atoms with Crippen molar-refractivity contribution < 1.29 is 0 Å². The van der Waals surface area contributed by atoms with Crippen molar-refractivity contribution >= 4 is 11.8 Å². The molecule has 0 saturated heterocycles. The van der Waals surface area contributed by atoms with Crippen LogP contribution in [0.3, 0.4) is 0 Å². The molecule has 0 aliphatic carbocycles. The summed E-state index contributed by atoms with van der Waals surface area (Å²) in [6.07, 6.45) is 3.16. The van der Waals surface area contributed by atoms with Gasteiger partial charge in [-0.3, -0.25) is 0 Å². The van der Waals surface area contributed by atoms with Crippen LogP contribution in [0, 0.1) is 13.8 Å². The molecule has 154 valence electrons. The zero-order valence-electron chi connectivity index (χ0n) is 17.1. The molecule has 8 nitrogen and oxygen atoms in total. The first-order chi connectivity index (χ1) is 14.7. The average Bonchev–Trinajstić information content (AvgIpc) is 3.41. The molecular formula is C21H24N8S. The Morgan fingerprint density at radius 1 is 0.833 bits per heavy atom. The van der Waals surface area contributed by atoms with Crippen LogP contribution in [0.4, 0.5) is 0 Å². The van der Waals surface area contributed by atoms with Crippen molar-refractivity contribution in [3.05, 3.63) is 59.7 Å². The van der Waals surface area contributed by atoms with Crippen molar-refractivity contribution in [3.8, 4) is 17.1 Å². The van der Waals surface area contributed by atoms with E-state index in [4.69, 9.17) is 0 Å². The van der Waals surface area contributed by atoms with E-state index in [9.17, 15) is 0 Å². The minimum Gasteiger partial charge on any atom is -0.187 e. The van der Waals surface area contributed by atoms with Gasteiger partial charge in [0.1, 0.15) is 0 Å². The number of aromatic nitrogens is 8. The Morgan fingerprint density at radius 3 is 2.43 bits per heavy atom. The first-order valence-corrected chi connectivity index (χ1v) is 11.0. The average molecular weight is 421 g/mol. The lowest BCUT2D eigenvalue weighted by Gasteiger charge is -2.10. The van der Waals surface area contributed by atoms with Crippen molar-refractivity contribution in [1.82, 2.24) is 40.4 Å². The molecule has 2 heterocycles. The van der Waals surface area contributed by atoms with Gasteiger partial charge in [-0.2, -0.15) is 9.48 Å². The van der Waals surface area contributed by atoms with E-state index >= 15 is 0 Å². The Labute approximate surface area is 179 Å². The lowest BCUT2D eigenvalue weighted by Crippen LogP contribution is -2.04. The summed E-state index contributed by atoms with van der Waals surface area (Å²) in [6, 6.07) is 16.1. The van der Waals surface area contributed by atoms with E-state index in [0.29, 0.717) is 5.82 Å². The zero-order valence-corrected chi connectivity index (χ0v) is 18.0. The van der Waals surface area contributed by atoms with Crippen LogP contribution < -0.4 is 0 Å². The molecule has 9 heteroatoms. The highest BCUT2D eigenvalue weighted by Gasteiger charge is 2.13. The van der Waals surface area contributed by atoms with Gasteiger partial charge in [0.25, 0.3) is 0 Å². The molecule has 2 aromatic carbocycles. The number of hydrogen-bond acceptors (Lipinski definition) is 7. The summed E-state index contributed by atoms with van der Waals surface area (Å²) in [7, 11) is 0. The summed E-state index contributed by atoms with van der Waals surface area (Å²) in [5.74, 6) is 1.63. The van der Waals surface area contributed by atoms with E-state index in [2.05, 4.69) is 63.0 Å². The molecule has 2 aromatic heterocycles. The molecule has 0 bridgehead atoms. The molecule has 0 N–H and O–H groups in total. The number of aryl methyl sites for hydroxylation is 3. The minimum atomic E-state index is 0.671.